The molecular weight excluding hydrogens is 336 g/mol. The quantitative estimate of drug-likeness (QED) is 0.807. The largest absolute Gasteiger partial charge is 0.372 e. The summed E-state index contributed by atoms with van der Waals surface area (Å²) in [6.07, 6.45) is 4.27. The van der Waals surface area contributed by atoms with Gasteiger partial charge in [0.2, 0.25) is 5.95 Å². The number of anilines is 3. The van der Waals surface area contributed by atoms with Crippen molar-refractivity contribution in [3.05, 3.63) is 35.7 Å². The molecule has 0 unspecified atom stereocenters. The highest BCUT2D eigenvalue weighted by molar-refractivity contribution is 5.59. The third kappa shape index (κ3) is 5.16. The molecule has 1 aromatic carbocycles. The first-order valence-electron chi connectivity index (χ1n) is 10.1. The lowest BCUT2D eigenvalue weighted by Gasteiger charge is -2.34. The van der Waals surface area contributed by atoms with Crippen molar-refractivity contribution in [1.82, 2.24) is 20.1 Å². The normalized spacial score (nSPS) is 15.4. The topological polar surface area (TPSA) is 57.2 Å². The molecule has 3 rings (SSSR count). The second kappa shape index (κ2) is 9.13. The number of nitrogens with zero attached hydrogens (tertiary/aromatic N) is 5. The number of benzene rings is 1. The molecule has 2 heterocycles. The Morgan fingerprint density at radius 3 is 2.26 bits per heavy atom. The Morgan fingerprint density at radius 1 is 1.00 bits per heavy atom. The van der Waals surface area contributed by atoms with Gasteiger partial charge in [-0.25, -0.2) is 4.98 Å². The molecular formula is C21H32N6. The van der Waals surface area contributed by atoms with Crippen LogP contribution in [0.5, 0.6) is 0 Å². The van der Waals surface area contributed by atoms with Crippen LogP contribution in [-0.4, -0.2) is 53.8 Å². The number of aromatic nitrogens is 3. The summed E-state index contributed by atoms with van der Waals surface area (Å²) in [6, 6.07) is 8.57. The minimum atomic E-state index is 0.571. The van der Waals surface area contributed by atoms with Crippen LogP contribution in [0, 0.1) is 5.92 Å². The minimum Gasteiger partial charge on any atom is -0.372 e. The zero-order valence-electron chi connectivity index (χ0n) is 17.1. The highest BCUT2D eigenvalue weighted by Gasteiger charge is 2.19. The molecule has 0 atom stereocenters. The van der Waals surface area contributed by atoms with Crippen LogP contribution in [0.25, 0.3) is 0 Å². The molecule has 0 aliphatic carbocycles. The lowest BCUT2D eigenvalue weighted by atomic mass is 9.96. The van der Waals surface area contributed by atoms with E-state index in [0.717, 1.165) is 48.9 Å². The summed E-state index contributed by atoms with van der Waals surface area (Å²) in [7, 11) is 4.33. The van der Waals surface area contributed by atoms with E-state index in [1.54, 1.807) is 0 Å². The van der Waals surface area contributed by atoms with Crippen molar-refractivity contribution in [2.75, 3.05) is 43.9 Å². The number of hydrogen-bond donors (Lipinski definition) is 1. The molecule has 1 fully saturated rings. The van der Waals surface area contributed by atoms with Crippen LogP contribution in [-0.2, 0) is 12.8 Å². The molecule has 146 valence electrons. The molecule has 1 saturated heterocycles. The first-order valence-corrected chi connectivity index (χ1v) is 10.1. The Balaban J connectivity index is 1.59. The van der Waals surface area contributed by atoms with Gasteiger partial charge in [0.15, 0.2) is 0 Å². The van der Waals surface area contributed by atoms with E-state index in [1.807, 2.05) is 0 Å². The zero-order valence-corrected chi connectivity index (χ0v) is 17.1. The monoisotopic (exact) mass is 368 g/mol. The van der Waals surface area contributed by atoms with Gasteiger partial charge in [0.1, 0.15) is 0 Å². The van der Waals surface area contributed by atoms with Crippen molar-refractivity contribution >= 4 is 17.3 Å². The van der Waals surface area contributed by atoms with Crippen LogP contribution in [0.4, 0.5) is 17.3 Å². The first kappa shape index (κ1) is 19.5. The minimum absolute atomic E-state index is 0.571. The lowest BCUT2D eigenvalue weighted by Crippen LogP contribution is -2.37. The second-order valence-electron chi connectivity index (χ2n) is 7.60. The Bertz CT molecular complexity index is 720. The molecule has 0 bridgehead atoms. The summed E-state index contributed by atoms with van der Waals surface area (Å²) in [5, 5.41) is 11.8. The average Bonchev–Trinajstić information content (AvgIpc) is 2.68. The van der Waals surface area contributed by atoms with Crippen molar-refractivity contribution in [1.29, 1.82) is 0 Å². The van der Waals surface area contributed by atoms with Crippen molar-refractivity contribution < 1.29 is 0 Å². The Labute approximate surface area is 163 Å². The summed E-state index contributed by atoms with van der Waals surface area (Å²) in [6.45, 7) is 7.65. The molecule has 2 aromatic rings. The van der Waals surface area contributed by atoms with Crippen molar-refractivity contribution in [2.45, 2.75) is 39.5 Å². The zero-order chi connectivity index (χ0) is 19.2. The molecule has 27 heavy (non-hydrogen) atoms. The van der Waals surface area contributed by atoms with Crippen molar-refractivity contribution in [3.63, 3.8) is 0 Å². The van der Waals surface area contributed by atoms with Crippen LogP contribution in [0.3, 0.4) is 0 Å². The fraction of sp³-hybridized carbons (Fsp3) is 0.571. The third-order valence-electron chi connectivity index (χ3n) is 5.24. The number of nitrogens with one attached hydrogen (secondary N) is 1. The van der Waals surface area contributed by atoms with E-state index in [-0.39, 0.29) is 0 Å². The number of rotatable bonds is 7. The first-order chi connectivity index (χ1) is 13.1. The van der Waals surface area contributed by atoms with Crippen LogP contribution >= 0.6 is 0 Å². The fourth-order valence-electron chi connectivity index (χ4n) is 3.77. The van der Waals surface area contributed by atoms with E-state index in [4.69, 9.17) is 0 Å². The molecule has 1 aliphatic rings. The Hall–Kier alpha value is -2.21. The van der Waals surface area contributed by atoms with Crippen LogP contribution < -0.4 is 10.2 Å². The van der Waals surface area contributed by atoms with Gasteiger partial charge in [-0.3, -0.25) is 0 Å². The van der Waals surface area contributed by atoms with Crippen LogP contribution in [0.2, 0.25) is 0 Å². The summed E-state index contributed by atoms with van der Waals surface area (Å²) in [5.74, 6) is 1.39. The summed E-state index contributed by atoms with van der Waals surface area (Å²) < 4.78 is 0. The van der Waals surface area contributed by atoms with E-state index < -0.39 is 0 Å². The molecule has 1 aliphatic heterocycles. The van der Waals surface area contributed by atoms with E-state index >= 15 is 0 Å². The van der Waals surface area contributed by atoms with Crippen molar-refractivity contribution in [3.8, 4) is 0 Å². The van der Waals surface area contributed by atoms with Crippen LogP contribution in [0.1, 0.15) is 38.1 Å². The predicted octanol–water partition coefficient (Wildman–Crippen LogP) is 3.52. The maximum absolute atomic E-state index is 4.60. The summed E-state index contributed by atoms with van der Waals surface area (Å²) >= 11 is 0. The molecule has 0 amide bonds. The molecule has 1 aromatic heterocycles. The smallest absolute Gasteiger partial charge is 0.247 e. The maximum atomic E-state index is 4.60. The van der Waals surface area contributed by atoms with E-state index in [1.165, 1.54) is 25.1 Å². The SMILES string of the molecule is CCc1nnc(Nc2ccc(N3CCC(CN(C)C)CC3)cc2)nc1CC. The van der Waals surface area contributed by atoms with Crippen LogP contribution in [0.15, 0.2) is 24.3 Å². The van der Waals surface area contributed by atoms with Gasteiger partial charge in [0.25, 0.3) is 0 Å². The number of hydrogen-bond acceptors (Lipinski definition) is 6. The highest BCUT2D eigenvalue weighted by atomic mass is 15.2. The summed E-state index contributed by atoms with van der Waals surface area (Å²) in [5.41, 5.74) is 4.29. The highest BCUT2D eigenvalue weighted by Crippen LogP contribution is 2.25. The number of piperidine rings is 1. The predicted molar refractivity (Wildman–Crippen MR) is 112 cm³/mol. The van der Waals surface area contributed by atoms with Gasteiger partial charge < -0.3 is 15.1 Å². The molecule has 0 radical (unpaired) electrons. The lowest BCUT2D eigenvalue weighted by molar-refractivity contribution is 0.285. The van der Waals surface area contributed by atoms with Gasteiger partial charge in [-0.15, -0.1) is 10.2 Å². The summed E-state index contributed by atoms with van der Waals surface area (Å²) in [4.78, 5) is 9.39. The molecule has 0 saturated carbocycles. The fourth-order valence-corrected chi connectivity index (χ4v) is 3.77. The standard InChI is InChI=1S/C21H32N6/c1-5-19-20(6-2)24-25-21(23-19)22-17-7-9-18(10-8-17)27-13-11-16(12-14-27)15-26(3)4/h7-10,16H,5-6,11-15H2,1-4H3,(H,22,23,25). The average molecular weight is 369 g/mol. The van der Waals surface area contributed by atoms with E-state index in [2.05, 4.69) is 82.5 Å². The van der Waals surface area contributed by atoms with Crippen molar-refractivity contribution in [2.24, 2.45) is 5.92 Å². The van der Waals surface area contributed by atoms with E-state index in [0.29, 0.717) is 5.95 Å². The third-order valence-corrected chi connectivity index (χ3v) is 5.24. The molecule has 6 heteroatoms. The van der Waals surface area contributed by atoms with Gasteiger partial charge >= 0.3 is 0 Å². The van der Waals surface area contributed by atoms with Gasteiger partial charge in [0.05, 0.1) is 11.4 Å². The maximum Gasteiger partial charge on any atom is 0.247 e. The van der Waals surface area contributed by atoms with E-state index in [9.17, 15) is 0 Å². The Kier molecular flexibility index (Phi) is 6.61. The molecule has 6 nitrogen and oxygen atoms in total. The van der Waals surface area contributed by atoms with Gasteiger partial charge in [-0.1, -0.05) is 13.8 Å². The number of aryl methyl sites for hydroxylation is 2. The molecule has 0 spiro atoms. The Morgan fingerprint density at radius 2 is 1.67 bits per heavy atom. The second-order valence-corrected chi connectivity index (χ2v) is 7.60. The van der Waals surface area contributed by atoms with Gasteiger partial charge in [0, 0.05) is 31.0 Å². The van der Waals surface area contributed by atoms with Gasteiger partial charge in [-0.2, -0.15) is 0 Å². The molecule has 1 N–H and O–H groups in total. The van der Waals surface area contributed by atoms with Gasteiger partial charge in [-0.05, 0) is 70.0 Å².